The van der Waals surface area contributed by atoms with Crippen LogP contribution in [0.4, 0.5) is 13.2 Å². The van der Waals surface area contributed by atoms with Crippen LogP contribution in [0.1, 0.15) is 16.7 Å². The fourth-order valence-electron chi connectivity index (χ4n) is 1.98. The Kier molecular flexibility index (Phi) is 2.46. The molecule has 0 bridgehead atoms. The smallest absolute Gasteiger partial charge is 0.302 e. The molecule has 2 rings (SSSR count). The first kappa shape index (κ1) is 10.5. The highest BCUT2D eigenvalue weighted by molar-refractivity contribution is 5.38. The van der Waals surface area contributed by atoms with E-state index in [4.69, 9.17) is 0 Å². The summed E-state index contributed by atoms with van der Waals surface area (Å²) in [6.07, 6.45) is -3.53. The lowest BCUT2D eigenvalue weighted by molar-refractivity contribution is -0.138. The average Bonchev–Trinajstić information content (AvgIpc) is 2.15. The molecule has 1 aliphatic heterocycles. The van der Waals surface area contributed by atoms with Gasteiger partial charge in [0.15, 0.2) is 0 Å². The molecule has 0 atom stereocenters. The molecule has 0 saturated heterocycles. The quantitative estimate of drug-likeness (QED) is 0.643. The van der Waals surface area contributed by atoms with Crippen LogP contribution in [0.15, 0.2) is 18.2 Å². The Labute approximate surface area is 86.5 Å². The highest BCUT2D eigenvalue weighted by Crippen LogP contribution is 2.35. The normalized spacial score (nSPS) is 17.6. The molecule has 0 saturated carbocycles. The molecule has 1 heterocycles. The van der Waals surface area contributed by atoms with Crippen LogP contribution in [-0.4, -0.2) is 18.5 Å². The summed E-state index contributed by atoms with van der Waals surface area (Å²) in [6.45, 7) is 1.22. The number of halogens is 3. The Hall–Kier alpha value is -1.03. The maximum Gasteiger partial charge on any atom is 0.416 e. The third-order valence-electron chi connectivity index (χ3n) is 2.77. The topological polar surface area (TPSA) is 3.24 Å². The predicted octanol–water partition coefficient (Wildman–Crippen LogP) is 2.69. The fraction of sp³-hybridized carbons (Fsp3) is 0.455. The molecule has 15 heavy (non-hydrogen) atoms. The summed E-state index contributed by atoms with van der Waals surface area (Å²) < 4.78 is 38.1. The van der Waals surface area contributed by atoms with E-state index in [0.29, 0.717) is 18.5 Å². The molecule has 1 aromatic carbocycles. The molecule has 0 aromatic heterocycles. The van der Waals surface area contributed by atoms with Crippen LogP contribution >= 0.6 is 0 Å². The number of rotatable bonds is 0. The SMILES string of the molecule is CN1CCc2cccc(C(F)(F)F)c2C1. The lowest BCUT2D eigenvalue weighted by atomic mass is 9.95. The van der Waals surface area contributed by atoms with E-state index in [1.165, 1.54) is 6.07 Å². The van der Waals surface area contributed by atoms with Gasteiger partial charge < -0.3 is 4.90 Å². The fourth-order valence-corrected chi connectivity index (χ4v) is 1.98. The first-order chi connectivity index (χ1) is 6.98. The van der Waals surface area contributed by atoms with E-state index in [2.05, 4.69) is 0 Å². The highest BCUT2D eigenvalue weighted by atomic mass is 19.4. The number of alkyl halides is 3. The Morgan fingerprint density at radius 1 is 1.27 bits per heavy atom. The molecular weight excluding hydrogens is 203 g/mol. The van der Waals surface area contributed by atoms with Crippen molar-refractivity contribution in [3.63, 3.8) is 0 Å². The van der Waals surface area contributed by atoms with Gasteiger partial charge in [-0.25, -0.2) is 0 Å². The van der Waals surface area contributed by atoms with E-state index in [0.717, 1.165) is 18.2 Å². The summed E-state index contributed by atoms with van der Waals surface area (Å²) in [5.74, 6) is 0. The van der Waals surface area contributed by atoms with Gasteiger partial charge in [0.25, 0.3) is 0 Å². The third kappa shape index (κ3) is 2.00. The largest absolute Gasteiger partial charge is 0.416 e. The average molecular weight is 215 g/mol. The van der Waals surface area contributed by atoms with Gasteiger partial charge in [0.05, 0.1) is 5.56 Å². The van der Waals surface area contributed by atoms with Crippen LogP contribution in [0.2, 0.25) is 0 Å². The predicted molar refractivity (Wildman–Crippen MR) is 51.5 cm³/mol. The van der Waals surface area contributed by atoms with Gasteiger partial charge >= 0.3 is 6.18 Å². The number of fused-ring (bicyclic) bond motifs is 1. The molecule has 1 aliphatic rings. The van der Waals surface area contributed by atoms with E-state index < -0.39 is 11.7 Å². The molecule has 4 heteroatoms. The zero-order valence-electron chi connectivity index (χ0n) is 8.43. The molecule has 0 aliphatic carbocycles. The molecule has 1 aromatic rings. The minimum atomic E-state index is -4.23. The Bertz CT molecular complexity index is 371. The van der Waals surface area contributed by atoms with Crippen molar-refractivity contribution in [1.29, 1.82) is 0 Å². The molecule has 0 spiro atoms. The zero-order chi connectivity index (χ0) is 11.1. The van der Waals surface area contributed by atoms with Crippen molar-refractivity contribution in [3.05, 3.63) is 34.9 Å². The minimum Gasteiger partial charge on any atom is -0.302 e. The van der Waals surface area contributed by atoms with Crippen molar-refractivity contribution in [2.24, 2.45) is 0 Å². The Morgan fingerprint density at radius 2 is 2.00 bits per heavy atom. The van der Waals surface area contributed by atoms with Crippen LogP contribution in [0.3, 0.4) is 0 Å². The molecule has 0 N–H and O–H groups in total. The molecule has 0 amide bonds. The van der Waals surface area contributed by atoms with Gasteiger partial charge in [-0.1, -0.05) is 12.1 Å². The first-order valence-electron chi connectivity index (χ1n) is 4.85. The second kappa shape index (κ2) is 3.52. The van der Waals surface area contributed by atoms with Crippen molar-refractivity contribution < 1.29 is 13.2 Å². The van der Waals surface area contributed by atoms with Gasteiger partial charge in [-0.3, -0.25) is 0 Å². The first-order valence-corrected chi connectivity index (χ1v) is 4.85. The molecule has 0 fully saturated rings. The van der Waals surface area contributed by atoms with Gasteiger partial charge in [0, 0.05) is 13.1 Å². The van der Waals surface area contributed by atoms with Crippen LogP contribution in [0.25, 0.3) is 0 Å². The van der Waals surface area contributed by atoms with E-state index in [1.54, 1.807) is 6.07 Å². The third-order valence-corrected chi connectivity index (χ3v) is 2.77. The maximum atomic E-state index is 12.7. The maximum absolute atomic E-state index is 12.7. The van der Waals surface area contributed by atoms with Crippen molar-refractivity contribution in [2.45, 2.75) is 19.1 Å². The summed E-state index contributed by atoms with van der Waals surface area (Å²) in [5, 5.41) is 0. The Balaban J connectivity index is 2.49. The minimum absolute atomic E-state index is 0.394. The lowest BCUT2D eigenvalue weighted by Crippen LogP contribution is -2.28. The van der Waals surface area contributed by atoms with Crippen molar-refractivity contribution in [2.75, 3.05) is 13.6 Å². The van der Waals surface area contributed by atoms with Gasteiger partial charge in [0.1, 0.15) is 0 Å². The van der Waals surface area contributed by atoms with E-state index in [9.17, 15) is 13.2 Å². The second-order valence-electron chi connectivity index (χ2n) is 3.93. The monoisotopic (exact) mass is 215 g/mol. The van der Waals surface area contributed by atoms with Crippen LogP contribution in [0.5, 0.6) is 0 Å². The number of nitrogens with zero attached hydrogens (tertiary/aromatic N) is 1. The molecule has 0 radical (unpaired) electrons. The number of likely N-dealkylation sites (N-methyl/N-ethyl adjacent to an activating group) is 1. The van der Waals surface area contributed by atoms with E-state index in [1.807, 2.05) is 11.9 Å². The molecule has 82 valence electrons. The van der Waals surface area contributed by atoms with Gasteiger partial charge in [0.2, 0.25) is 0 Å². The van der Waals surface area contributed by atoms with Crippen LogP contribution < -0.4 is 0 Å². The number of benzene rings is 1. The van der Waals surface area contributed by atoms with Gasteiger partial charge in [-0.05, 0) is 30.7 Å². The Morgan fingerprint density at radius 3 is 2.67 bits per heavy atom. The van der Waals surface area contributed by atoms with Crippen molar-refractivity contribution in [1.82, 2.24) is 4.90 Å². The summed E-state index contributed by atoms with van der Waals surface area (Å²) in [7, 11) is 1.84. The van der Waals surface area contributed by atoms with Gasteiger partial charge in [-0.2, -0.15) is 13.2 Å². The van der Waals surface area contributed by atoms with Crippen LogP contribution in [0, 0.1) is 0 Å². The lowest BCUT2D eigenvalue weighted by Gasteiger charge is -2.27. The number of hydrogen-bond donors (Lipinski definition) is 0. The van der Waals surface area contributed by atoms with Crippen LogP contribution in [-0.2, 0) is 19.1 Å². The summed E-state index contributed by atoms with van der Waals surface area (Å²) in [4.78, 5) is 1.91. The van der Waals surface area contributed by atoms with Gasteiger partial charge in [-0.15, -0.1) is 0 Å². The number of hydrogen-bond acceptors (Lipinski definition) is 1. The molecule has 1 nitrogen and oxygen atoms in total. The van der Waals surface area contributed by atoms with Crippen molar-refractivity contribution in [3.8, 4) is 0 Å². The summed E-state index contributed by atoms with van der Waals surface area (Å²) in [5.41, 5.74) is 0.799. The standard InChI is InChI=1S/C11H12F3N/c1-15-6-5-8-3-2-4-10(9(8)7-15)11(12,13)14/h2-4H,5-7H2,1H3. The summed E-state index contributed by atoms with van der Waals surface area (Å²) >= 11 is 0. The second-order valence-corrected chi connectivity index (χ2v) is 3.93. The van der Waals surface area contributed by atoms with Crippen molar-refractivity contribution >= 4 is 0 Å². The van der Waals surface area contributed by atoms with E-state index >= 15 is 0 Å². The zero-order valence-corrected chi connectivity index (χ0v) is 8.43. The highest BCUT2D eigenvalue weighted by Gasteiger charge is 2.34. The summed E-state index contributed by atoms with van der Waals surface area (Å²) in [6, 6.07) is 4.45. The van der Waals surface area contributed by atoms with E-state index in [-0.39, 0.29) is 0 Å². The molecule has 0 unspecified atom stereocenters. The molecular formula is C11H12F3N.